The predicted octanol–water partition coefficient (Wildman–Crippen LogP) is 6.03. The first-order valence-electron chi connectivity index (χ1n) is 7.20. The molecule has 0 heterocycles. The standard InChI is InChI=1S/C17H16Cl2INO2/c1-2-3-7-23-16-14(18)8-11(9-15(16)19)17(22)21-13-6-4-5-12(20)10-13/h4-6,8-10H,2-3,7H2,1H3,(H,21,22). The largest absolute Gasteiger partial charge is 0.490 e. The van der Waals surface area contributed by atoms with Crippen molar-refractivity contribution >= 4 is 57.4 Å². The number of ether oxygens (including phenoxy) is 1. The lowest BCUT2D eigenvalue weighted by Gasteiger charge is -2.12. The van der Waals surface area contributed by atoms with Crippen molar-refractivity contribution in [3.8, 4) is 5.75 Å². The molecule has 0 aliphatic carbocycles. The van der Waals surface area contributed by atoms with Crippen molar-refractivity contribution in [3.63, 3.8) is 0 Å². The average Bonchev–Trinajstić information content (AvgIpc) is 2.50. The highest BCUT2D eigenvalue weighted by molar-refractivity contribution is 14.1. The third kappa shape index (κ3) is 5.26. The summed E-state index contributed by atoms with van der Waals surface area (Å²) in [5.74, 6) is 0.156. The first-order valence-corrected chi connectivity index (χ1v) is 9.03. The van der Waals surface area contributed by atoms with Crippen LogP contribution < -0.4 is 10.1 Å². The van der Waals surface area contributed by atoms with Crippen molar-refractivity contribution in [2.24, 2.45) is 0 Å². The molecule has 2 rings (SSSR count). The molecule has 2 aromatic carbocycles. The van der Waals surface area contributed by atoms with Crippen molar-refractivity contribution in [1.29, 1.82) is 0 Å². The van der Waals surface area contributed by atoms with Crippen LogP contribution in [0.3, 0.4) is 0 Å². The maximum atomic E-state index is 12.3. The van der Waals surface area contributed by atoms with Gasteiger partial charge in [0.25, 0.3) is 5.91 Å². The highest BCUT2D eigenvalue weighted by Gasteiger charge is 2.14. The van der Waals surface area contributed by atoms with Gasteiger partial charge in [-0.3, -0.25) is 4.79 Å². The van der Waals surface area contributed by atoms with Crippen molar-refractivity contribution in [2.75, 3.05) is 11.9 Å². The van der Waals surface area contributed by atoms with Gasteiger partial charge in [-0.2, -0.15) is 0 Å². The maximum absolute atomic E-state index is 12.3. The molecule has 0 spiro atoms. The second-order valence-corrected chi connectivity index (χ2v) is 7.00. The Morgan fingerprint density at radius 3 is 2.52 bits per heavy atom. The Bertz CT molecular complexity index is 684. The number of amides is 1. The van der Waals surface area contributed by atoms with Crippen LogP contribution in [-0.4, -0.2) is 12.5 Å². The van der Waals surface area contributed by atoms with Gasteiger partial charge in [0.05, 0.1) is 16.7 Å². The normalized spacial score (nSPS) is 10.4. The molecule has 122 valence electrons. The fourth-order valence-corrected chi connectivity index (χ4v) is 3.06. The molecular weight excluding hydrogens is 448 g/mol. The van der Waals surface area contributed by atoms with Crippen molar-refractivity contribution in [2.45, 2.75) is 19.8 Å². The van der Waals surface area contributed by atoms with Crippen molar-refractivity contribution < 1.29 is 9.53 Å². The molecule has 0 saturated carbocycles. The predicted molar refractivity (Wildman–Crippen MR) is 104 cm³/mol. The van der Waals surface area contributed by atoms with E-state index in [1.807, 2.05) is 24.3 Å². The van der Waals surface area contributed by atoms with E-state index in [-0.39, 0.29) is 5.91 Å². The van der Waals surface area contributed by atoms with Gasteiger partial charge in [-0.1, -0.05) is 42.6 Å². The van der Waals surface area contributed by atoms with E-state index >= 15 is 0 Å². The fraction of sp³-hybridized carbons (Fsp3) is 0.235. The summed E-state index contributed by atoms with van der Waals surface area (Å²) >= 11 is 14.6. The summed E-state index contributed by atoms with van der Waals surface area (Å²) in [4.78, 5) is 12.3. The number of unbranched alkanes of at least 4 members (excludes halogenated alkanes) is 1. The smallest absolute Gasteiger partial charge is 0.255 e. The summed E-state index contributed by atoms with van der Waals surface area (Å²) < 4.78 is 6.62. The van der Waals surface area contributed by atoms with E-state index < -0.39 is 0 Å². The molecule has 23 heavy (non-hydrogen) atoms. The molecule has 0 bridgehead atoms. The van der Waals surface area contributed by atoms with Gasteiger partial charge in [-0.15, -0.1) is 0 Å². The summed E-state index contributed by atoms with van der Waals surface area (Å²) in [5, 5.41) is 3.49. The van der Waals surface area contributed by atoms with Gasteiger partial charge in [0.1, 0.15) is 0 Å². The van der Waals surface area contributed by atoms with Crippen LogP contribution in [0.4, 0.5) is 5.69 Å². The van der Waals surface area contributed by atoms with Crippen LogP contribution in [0.1, 0.15) is 30.1 Å². The zero-order chi connectivity index (χ0) is 16.8. The van der Waals surface area contributed by atoms with Gasteiger partial charge in [-0.05, 0) is 59.3 Å². The molecule has 0 radical (unpaired) electrons. The van der Waals surface area contributed by atoms with E-state index in [0.717, 1.165) is 22.1 Å². The molecular formula is C17H16Cl2INO2. The monoisotopic (exact) mass is 463 g/mol. The number of carbonyl (C=O) groups is 1. The topological polar surface area (TPSA) is 38.3 Å². The lowest BCUT2D eigenvalue weighted by molar-refractivity contribution is 0.102. The lowest BCUT2D eigenvalue weighted by Crippen LogP contribution is -2.12. The van der Waals surface area contributed by atoms with Gasteiger partial charge in [0, 0.05) is 14.8 Å². The molecule has 0 saturated heterocycles. The Kier molecular flexibility index (Phi) is 6.99. The summed E-state index contributed by atoms with van der Waals surface area (Å²) in [6.07, 6.45) is 1.94. The SMILES string of the molecule is CCCCOc1c(Cl)cc(C(=O)Nc2cccc(I)c2)cc1Cl. The number of carbonyl (C=O) groups excluding carboxylic acids is 1. The van der Waals surface area contributed by atoms with Gasteiger partial charge < -0.3 is 10.1 Å². The minimum Gasteiger partial charge on any atom is -0.490 e. The first-order chi connectivity index (χ1) is 11.0. The van der Waals surface area contributed by atoms with E-state index in [1.165, 1.54) is 0 Å². The average molecular weight is 464 g/mol. The molecule has 0 aliphatic heterocycles. The van der Waals surface area contributed by atoms with Crippen LogP contribution in [0.5, 0.6) is 5.75 Å². The Morgan fingerprint density at radius 2 is 1.91 bits per heavy atom. The minimum absolute atomic E-state index is 0.268. The first kappa shape index (κ1) is 18.4. The van der Waals surface area contributed by atoms with Crippen molar-refractivity contribution in [1.82, 2.24) is 0 Å². The minimum atomic E-state index is -0.268. The molecule has 6 heteroatoms. The number of rotatable bonds is 6. The molecule has 0 fully saturated rings. The number of hydrogen-bond donors (Lipinski definition) is 1. The summed E-state index contributed by atoms with van der Waals surface area (Å²) in [7, 11) is 0. The van der Waals surface area contributed by atoms with Gasteiger partial charge >= 0.3 is 0 Å². The molecule has 3 nitrogen and oxygen atoms in total. The quantitative estimate of drug-likeness (QED) is 0.419. The highest BCUT2D eigenvalue weighted by Crippen LogP contribution is 2.34. The Morgan fingerprint density at radius 1 is 1.22 bits per heavy atom. The van der Waals surface area contributed by atoms with Gasteiger partial charge in [0.15, 0.2) is 5.75 Å². The molecule has 0 aliphatic rings. The molecule has 1 amide bonds. The fourth-order valence-electron chi connectivity index (χ4n) is 1.92. The van der Waals surface area contributed by atoms with Crippen LogP contribution >= 0.6 is 45.8 Å². The molecule has 0 atom stereocenters. The van der Waals surface area contributed by atoms with Crippen molar-refractivity contribution in [3.05, 3.63) is 55.6 Å². The zero-order valence-corrected chi connectivity index (χ0v) is 16.2. The Balaban J connectivity index is 2.15. The van der Waals surface area contributed by atoms with E-state index in [2.05, 4.69) is 34.8 Å². The van der Waals surface area contributed by atoms with Crippen LogP contribution in [0.25, 0.3) is 0 Å². The van der Waals surface area contributed by atoms with Crippen LogP contribution in [0, 0.1) is 3.57 Å². The highest BCUT2D eigenvalue weighted by atomic mass is 127. The number of benzene rings is 2. The van der Waals surface area contributed by atoms with E-state index in [4.69, 9.17) is 27.9 Å². The van der Waals surface area contributed by atoms with Crippen LogP contribution in [-0.2, 0) is 0 Å². The number of hydrogen-bond acceptors (Lipinski definition) is 2. The Labute approximate surface area is 159 Å². The summed E-state index contributed by atoms with van der Waals surface area (Å²) in [6.45, 7) is 2.62. The molecule has 2 aromatic rings. The molecule has 0 aromatic heterocycles. The molecule has 0 unspecified atom stereocenters. The van der Waals surface area contributed by atoms with Gasteiger partial charge in [0.2, 0.25) is 0 Å². The number of nitrogens with one attached hydrogen (secondary N) is 1. The van der Waals surface area contributed by atoms with E-state index in [0.29, 0.717) is 28.0 Å². The van der Waals surface area contributed by atoms with Crippen LogP contribution in [0.15, 0.2) is 36.4 Å². The maximum Gasteiger partial charge on any atom is 0.255 e. The van der Waals surface area contributed by atoms with Crippen LogP contribution in [0.2, 0.25) is 10.0 Å². The van der Waals surface area contributed by atoms with E-state index in [9.17, 15) is 4.79 Å². The Hall–Kier alpha value is -0.980. The zero-order valence-electron chi connectivity index (χ0n) is 12.5. The van der Waals surface area contributed by atoms with E-state index in [1.54, 1.807) is 12.1 Å². The number of halogens is 3. The second-order valence-electron chi connectivity index (χ2n) is 4.94. The summed E-state index contributed by atoms with van der Waals surface area (Å²) in [6, 6.07) is 10.7. The third-order valence-electron chi connectivity index (χ3n) is 3.09. The third-order valence-corrected chi connectivity index (χ3v) is 4.32. The lowest BCUT2D eigenvalue weighted by atomic mass is 10.2. The van der Waals surface area contributed by atoms with Gasteiger partial charge in [-0.25, -0.2) is 0 Å². The summed E-state index contributed by atoms with van der Waals surface area (Å²) in [5.41, 5.74) is 1.11. The number of anilines is 1. The molecule has 1 N–H and O–H groups in total. The second kappa shape index (κ2) is 8.76.